The average Bonchev–Trinajstić information content (AvgIpc) is 3.27. The normalized spacial score (nSPS) is 14.3. The fourth-order valence-electron chi connectivity index (χ4n) is 6.37. The van der Waals surface area contributed by atoms with Crippen molar-refractivity contribution in [2.45, 2.75) is 206 Å². The molecule has 0 radical (unpaired) electrons. The summed E-state index contributed by atoms with van der Waals surface area (Å²) in [7, 11) is -4.77. The summed E-state index contributed by atoms with van der Waals surface area (Å²) in [4.78, 5) is 46.1. The van der Waals surface area contributed by atoms with Gasteiger partial charge in [0, 0.05) is 12.8 Å². The number of ether oxygens (including phenoxy) is 1. The maximum atomic E-state index is 12.4. The summed E-state index contributed by atoms with van der Waals surface area (Å²) in [5.74, 6) is -2.41. The Morgan fingerprint density at radius 1 is 0.516 bits per heavy atom. The van der Waals surface area contributed by atoms with Gasteiger partial charge in [-0.3, -0.25) is 18.6 Å². The van der Waals surface area contributed by atoms with Crippen LogP contribution in [-0.4, -0.2) is 64.9 Å². The molecule has 0 aromatic heterocycles. The Morgan fingerprint density at radius 3 is 1.36 bits per heavy atom. The van der Waals surface area contributed by atoms with Crippen molar-refractivity contribution in [3.63, 3.8) is 0 Å². The first-order valence-electron chi connectivity index (χ1n) is 24.6. The molecule has 0 heterocycles. The van der Waals surface area contributed by atoms with Crippen LogP contribution in [-0.2, 0) is 32.7 Å². The van der Waals surface area contributed by atoms with Gasteiger partial charge < -0.3 is 25.2 Å². The molecule has 366 valence electrons. The van der Waals surface area contributed by atoms with Gasteiger partial charge in [-0.1, -0.05) is 176 Å². The number of hydrogen-bond donors (Lipinski definition) is 4. The molecule has 0 saturated carbocycles. The van der Waals surface area contributed by atoms with Crippen LogP contribution in [0.1, 0.15) is 194 Å². The molecule has 3 atom stereocenters. The van der Waals surface area contributed by atoms with E-state index in [2.05, 4.69) is 104 Å². The number of esters is 1. The summed E-state index contributed by atoms with van der Waals surface area (Å²) in [5.41, 5.74) is 0. The van der Waals surface area contributed by atoms with Crippen LogP contribution in [0.5, 0.6) is 0 Å². The van der Waals surface area contributed by atoms with Gasteiger partial charge in [-0.05, 0) is 89.9 Å². The maximum Gasteiger partial charge on any atom is 0.472 e. The molecule has 64 heavy (non-hydrogen) atoms. The second kappa shape index (κ2) is 46.2. The smallest absolute Gasteiger partial charge is 0.472 e. The predicted octanol–water partition coefficient (Wildman–Crippen LogP) is 13.4. The quantitative estimate of drug-likeness (QED) is 0.0200. The van der Waals surface area contributed by atoms with E-state index in [4.69, 9.17) is 13.8 Å². The molecule has 0 aromatic rings. The first kappa shape index (κ1) is 60.7. The number of aliphatic hydroxyl groups is 1. The number of amides is 1. The Bertz CT molecular complexity index is 1400. The van der Waals surface area contributed by atoms with Crippen molar-refractivity contribution in [3.8, 4) is 0 Å². The second-order valence-corrected chi connectivity index (χ2v) is 17.7. The topological polar surface area (TPSA) is 169 Å². The number of aliphatic hydroxyl groups excluding tert-OH is 1. The zero-order valence-corrected chi connectivity index (χ0v) is 40.7. The average molecular weight is 918 g/mol. The van der Waals surface area contributed by atoms with Gasteiger partial charge in [-0.25, -0.2) is 9.36 Å². The highest BCUT2D eigenvalue weighted by molar-refractivity contribution is 7.47. The highest BCUT2D eigenvalue weighted by atomic mass is 31.2. The van der Waals surface area contributed by atoms with E-state index < -0.39 is 57.6 Å². The Balaban J connectivity index is 3.90. The van der Waals surface area contributed by atoms with E-state index in [0.717, 1.165) is 103 Å². The Hall–Kier alpha value is -3.34. The zero-order chi connectivity index (χ0) is 47.0. The van der Waals surface area contributed by atoms with Crippen molar-refractivity contribution >= 4 is 25.7 Å². The summed E-state index contributed by atoms with van der Waals surface area (Å²) in [5, 5.41) is 21.9. The molecular weight excluding hydrogens is 830 g/mol. The molecule has 12 heteroatoms. The van der Waals surface area contributed by atoms with E-state index in [9.17, 15) is 34.1 Å². The van der Waals surface area contributed by atoms with Crippen LogP contribution in [0.25, 0.3) is 0 Å². The largest absolute Gasteiger partial charge is 0.480 e. The molecule has 0 aliphatic carbocycles. The number of allylic oxidation sites excluding steroid dienone is 14. The lowest BCUT2D eigenvalue weighted by atomic mass is 10.1. The summed E-state index contributed by atoms with van der Waals surface area (Å²) in [6, 6.07) is -1.56. The molecule has 0 fully saturated rings. The maximum absolute atomic E-state index is 12.4. The summed E-state index contributed by atoms with van der Waals surface area (Å²) >= 11 is 0. The molecule has 0 saturated heterocycles. The zero-order valence-electron chi connectivity index (χ0n) is 39.8. The van der Waals surface area contributed by atoms with Crippen molar-refractivity contribution in [2.24, 2.45) is 0 Å². The van der Waals surface area contributed by atoms with Crippen LogP contribution in [0.4, 0.5) is 0 Å². The van der Waals surface area contributed by atoms with Gasteiger partial charge in [0.05, 0.1) is 13.2 Å². The second-order valence-electron chi connectivity index (χ2n) is 16.3. The van der Waals surface area contributed by atoms with E-state index in [1.54, 1.807) is 0 Å². The Morgan fingerprint density at radius 2 is 0.906 bits per heavy atom. The lowest BCUT2D eigenvalue weighted by Gasteiger charge is -2.18. The van der Waals surface area contributed by atoms with E-state index >= 15 is 0 Å². The van der Waals surface area contributed by atoms with Crippen LogP contribution in [0.15, 0.2) is 85.1 Å². The SMILES string of the molecule is CC/C=C\C/C=C\C/C=C\C/C=C\C/C=C\CCCCCCCC(=O)OCC(O)COP(=O)(O)OCC(NC(=O)CCCCCCCCCCC/C=C\C/C=C\CCCCC)C(=O)O. The first-order valence-corrected chi connectivity index (χ1v) is 26.1. The number of hydrogen-bond acceptors (Lipinski definition) is 8. The molecule has 0 aromatic carbocycles. The molecule has 3 unspecified atom stereocenters. The highest BCUT2D eigenvalue weighted by Gasteiger charge is 2.28. The van der Waals surface area contributed by atoms with Crippen LogP contribution < -0.4 is 5.32 Å². The molecular formula is C52H88NO10P. The number of carbonyl (C=O) groups excluding carboxylic acids is 2. The van der Waals surface area contributed by atoms with Crippen molar-refractivity contribution < 1.29 is 47.8 Å². The third-order valence-corrected chi connectivity index (χ3v) is 11.1. The minimum absolute atomic E-state index is 0.135. The van der Waals surface area contributed by atoms with Crippen molar-refractivity contribution in [1.82, 2.24) is 5.32 Å². The predicted molar refractivity (Wildman–Crippen MR) is 263 cm³/mol. The minimum atomic E-state index is -4.77. The number of carboxylic acid groups (broad SMARTS) is 1. The van der Waals surface area contributed by atoms with Gasteiger partial charge in [0.15, 0.2) is 6.04 Å². The molecule has 0 rings (SSSR count). The first-order chi connectivity index (χ1) is 31.1. The standard InChI is InChI=1S/C52H88NO10P/c1-3-5-7-9-11-13-15-17-19-21-23-24-26-28-30-32-34-36-38-40-42-44-51(56)61-45-48(54)46-62-64(59,60)63-47-49(52(57)58)53-50(55)43-41-39-37-35-33-31-29-27-25-22-20-18-16-14-12-10-8-6-4-2/h5,7,11-14,17-20,23-24,28,30,48-49,54H,3-4,6,8-10,15-16,21-22,25-27,29,31-47H2,1-2H3,(H,53,55)(H,57,58)(H,59,60)/b7-5-,13-11-,14-12-,19-17-,20-18-,24-23-,30-28-. The molecule has 0 bridgehead atoms. The number of phosphoric acid groups is 1. The number of nitrogens with one attached hydrogen (secondary N) is 1. The Kier molecular flexibility index (Phi) is 43.8. The van der Waals surface area contributed by atoms with Gasteiger partial charge in [0.25, 0.3) is 0 Å². The van der Waals surface area contributed by atoms with E-state index in [0.29, 0.717) is 12.8 Å². The fourth-order valence-corrected chi connectivity index (χ4v) is 7.14. The van der Waals surface area contributed by atoms with E-state index in [1.807, 2.05) is 0 Å². The number of carboxylic acids is 1. The van der Waals surface area contributed by atoms with Crippen molar-refractivity contribution in [1.29, 1.82) is 0 Å². The molecule has 4 N–H and O–H groups in total. The van der Waals surface area contributed by atoms with Crippen LogP contribution in [0.2, 0.25) is 0 Å². The Labute approximate surface area is 388 Å². The summed E-state index contributed by atoms with van der Waals surface area (Å²) in [6.07, 6.45) is 57.4. The van der Waals surface area contributed by atoms with Crippen LogP contribution in [0, 0.1) is 0 Å². The van der Waals surface area contributed by atoms with Crippen molar-refractivity contribution in [3.05, 3.63) is 85.1 Å². The third-order valence-electron chi connectivity index (χ3n) is 10.2. The van der Waals surface area contributed by atoms with Gasteiger partial charge >= 0.3 is 19.8 Å². The molecule has 0 aliphatic rings. The number of aliphatic carboxylic acids is 1. The van der Waals surface area contributed by atoms with Gasteiger partial charge in [0.1, 0.15) is 12.7 Å². The number of phosphoric ester groups is 1. The molecule has 1 amide bonds. The molecule has 11 nitrogen and oxygen atoms in total. The minimum Gasteiger partial charge on any atom is -0.480 e. The summed E-state index contributed by atoms with van der Waals surface area (Å²) < 4.78 is 26.9. The van der Waals surface area contributed by atoms with Crippen LogP contribution >= 0.6 is 7.82 Å². The monoisotopic (exact) mass is 918 g/mol. The number of carbonyl (C=O) groups is 3. The van der Waals surface area contributed by atoms with E-state index in [1.165, 1.54) is 51.4 Å². The van der Waals surface area contributed by atoms with Crippen LogP contribution in [0.3, 0.4) is 0 Å². The van der Waals surface area contributed by atoms with Gasteiger partial charge in [-0.2, -0.15) is 0 Å². The lowest BCUT2D eigenvalue weighted by molar-refractivity contribution is -0.147. The summed E-state index contributed by atoms with van der Waals surface area (Å²) in [6.45, 7) is 2.44. The van der Waals surface area contributed by atoms with E-state index in [-0.39, 0.29) is 12.8 Å². The third kappa shape index (κ3) is 45.2. The van der Waals surface area contributed by atoms with Gasteiger partial charge in [-0.15, -0.1) is 0 Å². The number of unbranched alkanes of at least 4 members (excludes halogenated alkanes) is 17. The highest BCUT2D eigenvalue weighted by Crippen LogP contribution is 2.43. The molecule has 0 aliphatic heterocycles. The number of rotatable bonds is 45. The van der Waals surface area contributed by atoms with Gasteiger partial charge in [0.2, 0.25) is 5.91 Å². The van der Waals surface area contributed by atoms with Crippen molar-refractivity contribution in [2.75, 3.05) is 19.8 Å². The fraction of sp³-hybridized carbons (Fsp3) is 0.673. The molecule has 0 spiro atoms. The lowest BCUT2D eigenvalue weighted by Crippen LogP contribution is -2.43.